The fraction of sp³-hybridized carbons (Fsp3) is 0.667. The van der Waals surface area contributed by atoms with Crippen LogP contribution in [0.2, 0.25) is 0 Å². The van der Waals surface area contributed by atoms with Gasteiger partial charge in [-0.1, -0.05) is 13.8 Å². The molecule has 100 valence electrons. The zero-order chi connectivity index (χ0) is 13.4. The van der Waals surface area contributed by atoms with Crippen LogP contribution in [0.25, 0.3) is 0 Å². The maximum absolute atomic E-state index is 11.1. The zero-order valence-corrected chi connectivity index (χ0v) is 11.6. The van der Waals surface area contributed by atoms with E-state index in [2.05, 4.69) is 18.7 Å². The number of aliphatic hydroxyl groups is 1. The number of thiophene rings is 1. The van der Waals surface area contributed by atoms with Gasteiger partial charge in [-0.3, -0.25) is 10.1 Å². The lowest BCUT2D eigenvalue weighted by Gasteiger charge is -2.15. The van der Waals surface area contributed by atoms with Gasteiger partial charge in [0.2, 0.25) is 0 Å². The van der Waals surface area contributed by atoms with E-state index in [1.54, 1.807) is 6.92 Å². The van der Waals surface area contributed by atoms with Crippen molar-refractivity contribution in [2.24, 2.45) is 11.8 Å². The molecule has 2 unspecified atom stereocenters. The van der Waals surface area contributed by atoms with Gasteiger partial charge in [0.25, 0.3) is 0 Å². The number of hydrogen-bond acceptors (Lipinski definition) is 5. The topological polar surface area (TPSA) is 66.6 Å². The van der Waals surface area contributed by atoms with Gasteiger partial charge in [-0.25, -0.2) is 0 Å². The number of hydrogen-bond donors (Lipinski definition) is 1. The van der Waals surface area contributed by atoms with Crippen LogP contribution in [0.3, 0.4) is 0 Å². The van der Waals surface area contributed by atoms with E-state index in [-0.39, 0.29) is 10.6 Å². The van der Waals surface area contributed by atoms with Gasteiger partial charge >= 0.3 is 5.69 Å². The largest absolute Gasteiger partial charge is 0.388 e. The fourth-order valence-corrected chi connectivity index (χ4v) is 3.33. The Balaban J connectivity index is 2.34. The molecular formula is C12H18N2O3S. The summed E-state index contributed by atoms with van der Waals surface area (Å²) in [4.78, 5) is 13.5. The minimum absolute atomic E-state index is 0.122. The summed E-state index contributed by atoms with van der Waals surface area (Å²) in [5, 5.41) is 21.3. The van der Waals surface area contributed by atoms with Crippen molar-refractivity contribution in [2.45, 2.75) is 26.9 Å². The summed E-state index contributed by atoms with van der Waals surface area (Å²) >= 11 is 1.33. The van der Waals surface area contributed by atoms with Gasteiger partial charge in [0, 0.05) is 24.0 Å². The fourth-order valence-electron chi connectivity index (χ4n) is 2.25. The van der Waals surface area contributed by atoms with Crippen molar-refractivity contribution >= 4 is 22.0 Å². The van der Waals surface area contributed by atoms with Gasteiger partial charge in [0.1, 0.15) is 0 Å². The molecule has 1 aromatic rings. The number of nitrogens with zero attached hydrogens (tertiary/aromatic N) is 2. The van der Waals surface area contributed by atoms with Gasteiger partial charge in [-0.15, -0.1) is 11.3 Å². The van der Waals surface area contributed by atoms with Crippen LogP contribution in [0.1, 0.15) is 31.8 Å². The predicted molar refractivity (Wildman–Crippen MR) is 72.1 cm³/mol. The SMILES string of the molecule is CC1CN(c2sc([C@H](C)O)cc2[N+](=O)[O-])CC1C. The second-order valence-corrected chi connectivity index (χ2v) is 6.19. The number of anilines is 1. The molecule has 3 atom stereocenters. The average molecular weight is 270 g/mol. The third-order valence-electron chi connectivity index (χ3n) is 3.60. The highest BCUT2D eigenvalue weighted by molar-refractivity contribution is 7.16. The summed E-state index contributed by atoms with van der Waals surface area (Å²) in [6.07, 6.45) is -0.653. The summed E-state index contributed by atoms with van der Waals surface area (Å²) in [5.41, 5.74) is 0.122. The van der Waals surface area contributed by atoms with E-state index in [4.69, 9.17) is 0 Å². The molecule has 5 nitrogen and oxygen atoms in total. The maximum Gasteiger partial charge on any atom is 0.304 e. The van der Waals surface area contributed by atoms with Crippen LogP contribution in [0.5, 0.6) is 0 Å². The first-order chi connectivity index (χ1) is 8.40. The maximum atomic E-state index is 11.1. The van der Waals surface area contributed by atoms with Gasteiger partial charge in [-0.05, 0) is 18.8 Å². The standard InChI is InChI=1S/C12H18N2O3S/c1-7-5-13(6-8(7)2)12-10(14(16)17)4-11(18-12)9(3)15/h4,7-9,15H,5-6H2,1-3H3/t7?,8?,9-/m0/s1. The van der Waals surface area contributed by atoms with Crippen LogP contribution in [-0.4, -0.2) is 23.1 Å². The summed E-state index contributed by atoms with van der Waals surface area (Å²) < 4.78 is 0. The second-order valence-electron chi connectivity index (χ2n) is 5.13. The lowest BCUT2D eigenvalue weighted by atomic mass is 10.0. The van der Waals surface area contributed by atoms with Crippen LogP contribution in [0.4, 0.5) is 10.7 Å². The Morgan fingerprint density at radius 1 is 1.50 bits per heavy atom. The molecule has 0 aromatic carbocycles. The summed E-state index contributed by atoms with van der Waals surface area (Å²) in [5.74, 6) is 1.09. The molecule has 1 aliphatic heterocycles. The Morgan fingerprint density at radius 2 is 2.06 bits per heavy atom. The smallest absolute Gasteiger partial charge is 0.304 e. The molecule has 0 saturated carbocycles. The molecule has 18 heavy (non-hydrogen) atoms. The molecule has 1 N–H and O–H groups in total. The quantitative estimate of drug-likeness (QED) is 0.677. The zero-order valence-electron chi connectivity index (χ0n) is 10.8. The van der Waals surface area contributed by atoms with E-state index in [9.17, 15) is 15.2 Å². The van der Waals surface area contributed by atoms with Gasteiger partial charge < -0.3 is 10.0 Å². The highest BCUT2D eigenvalue weighted by Gasteiger charge is 2.32. The van der Waals surface area contributed by atoms with Crippen LogP contribution < -0.4 is 4.90 Å². The molecule has 0 radical (unpaired) electrons. The van der Waals surface area contributed by atoms with E-state index < -0.39 is 6.10 Å². The lowest BCUT2D eigenvalue weighted by Crippen LogP contribution is -2.19. The van der Waals surface area contributed by atoms with E-state index in [1.165, 1.54) is 17.4 Å². The minimum atomic E-state index is -0.653. The van der Waals surface area contributed by atoms with E-state index in [1.807, 2.05) is 0 Å². The van der Waals surface area contributed by atoms with Crippen molar-refractivity contribution in [3.8, 4) is 0 Å². The third kappa shape index (κ3) is 2.35. The predicted octanol–water partition coefficient (Wildman–Crippen LogP) is 2.80. The van der Waals surface area contributed by atoms with Crippen LogP contribution >= 0.6 is 11.3 Å². The minimum Gasteiger partial charge on any atom is -0.388 e. The highest BCUT2D eigenvalue weighted by atomic mass is 32.1. The van der Waals surface area contributed by atoms with Crippen molar-refractivity contribution in [2.75, 3.05) is 18.0 Å². The Labute approximate surface area is 110 Å². The Morgan fingerprint density at radius 3 is 2.50 bits per heavy atom. The van der Waals surface area contributed by atoms with Gasteiger partial charge in [0.15, 0.2) is 5.00 Å². The molecule has 1 saturated heterocycles. The Kier molecular flexibility index (Phi) is 3.59. The Bertz CT molecular complexity index is 448. The molecule has 2 heterocycles. The lowest BCUT2D eigenvalue weighted by molar-refractivity contribution is -0.383. The molecule has 0 amide bonds. The molecule has 0 aliphatic carbocycles. The third-order valence-corrected chi connectivity index (χ3v) is 4.95. The summed E-state index contributed by atoms with van der Waals surface area (Å²) in [6.45, 7) is 7.66. The van der Waals surface area contributed by atoms with Crippen molar-refractivity contribution < 1.29 is 10.0 Å². The number of rotatable bonds is 3. The second kappa shape index (κ2) is 4.85. The van der Waals surface area contributed by atoms with Crippen molar-refractivity contribution in [1.82, 2.24) is 0 Å². The number of nitro groups is 1. The molecule has 1 fully saturated rings. The summed E-state index contributed by atoms with van der Waals surface area (Å²) in [6, 6.07) is 1.50. The van der Waals surface area contributed by atoms with Crippen LogP contribution in [0.15, 0.2) is 6.07 Å². The van der Waals surface area contributed by atoms with E-state index >= 15 is 0 Å². The van der Waals surface area contributed by atoms with Crippen molar-refractivity contribution in [3.63, 3.8) is 0 Å². The molecule has 1 aliphatic rings. The first kappa shape index (κ1) is 13.3. The molecule has 0 spiro atoms. The molecule has 6 heteroatoms. The monoisotopic (exact) mass is 270 g/mol. The van der Waals surface area contributed by atoms with E-state index in [0.717, 1.165) is 13.1 Å². The summed E-state index contributed by atoms with van der Waals surface area (Å²) in [7, 11) is 0. The normalized spacial score (nSPS) is 25.4. The first-order valence-electron chi connectivity index (χ1n) is 6.11. The van der Waals surface area contributed by atoms with Crippen LogP contribution in [-0.2, 0) is 0 Å². The first-order valence-corrected chi connectivity index (χ1v) is 6.93. The molecule has 0 bridgehead atoms. The molecule has 2 rings (SSSR count). The Hall–Kier alpha value is -1.14. The van der Waals surface area contributed by atoms with Crippen molar-refractivity contribution in [3.05, 3.63) is 21.1 Å². The van der Waals surface area contributed by atoms with Gasteiger partial charge in [-0.2, -0.15) is 0 Å². The van der Waals surface area contributed by atoms with Crippen molar-refractivity contribution in [1.29, 1.82) is 0 Å². The molecular weight excluding hydrogens is 252 g/mol. The van der Waals surface area contributed by atoms with E-state index in [0.29, 0.717) is 21.7 Å². The average Bonchev–Trinajstić information content (AvgIpc) is 2.83. The van der Waals surface area contributed by atoms with Gasteiger partial charge in [0.05, 0.1) is 11.0 Å². The van der Waals surface area contributed by atoms with Crippen LogP contribution in [0, 0.1) is 22.0 Å². The highest BCUT2D eigenvalue weighted by Crippen LogP contribution is 2.42. The molecule has 1 aromatic heterocycles. The number of aliphatic hydroxyl groups excluding tert-OH is 1.